The molecule has 0 unspecified atom stereocenters. The molecule has 240 valence electrons. The summed E-state index contributed by atoms with van der Waals surface area (Å²) >= 11 is 0. The van der Waals surface area contributed by atoms with Crippen LogP contribution in [0.5, 0.6) is 0 Å². The van der Waals surface area contributed by atoms with Crippen LogP contribution >= 0.6 is 0 Å². The molecule has 0 saturated heterocycles. The third kappa shape index (κ3) is 23.5. The first-order valence-corrected chi connectivity index (χ1v) is 31.7. The van der Waals surface area contributed by atoms with Crippen LogP contribution in [0.2, 0.25) is 63.0 Å². The molecule has 0 radical (unpaired) electrons. The van der Waals surface area contributed by atoms with Gasteiger partial charge in [0.05, 0.1) is 0 Å². The maximum absolute atomic E-state index is 2.45. The van der Waals surface area contributed by atoms with Crippen molar-refractivity contribution in [3.63, 3.8) is 0 Å². The van der Waals surface area contributed by atoms with Gasteiger partial charge in [-0.3, -0.25) is 0 Å². The first-order valence-electron chi connectivity index (χ1n) is 19.7. The van der Waals surface area contributed by atoms with E-state index in [-0.39, 0.29) is 0 Å². The molecule has 5 rings (SSSR count). The molecule has 0 bridgehead atoms. The van der Waals surface area contributed by atoms with Gasteiger partial charge in [-0.05, 0) is 29.6 Å². The van der Waals surface area contributed by atoms with Gasteiger partial charge in [0.2, 0.25) is 0 Å². The number of rotatable bonds is 10. The Balaban J connectivity index is 0.000000252. The largest absolute Gasteiger partial charge is 0.0748 e. The fourth-order valence-electron chi connectivity index (χ4n) is 7.66. The van der Waals surface area contributed by atoms with E-state index in [1.54, 1.807) is 94.4 Å². The molecule has 0 aromatic rings. The van der Waals surface area contributed by atoms with Crippen LogP contribution < -0.4 is 0 Å². The van der Waals surface area contributed by atoms with Crippen molar-refractivity contribution in [1.82, 2.24) is 0 Å². The summed E-state index contributed by atoms with van der Waals surface area (Å²) in [5.74, 6) is 5.89. The van der Waals surface area contributed by atoms with E-state index in [0.29, 0.717) is 47.6 Å². The van der Waals surface area contributed by atoms with Crippen LogP contribution in [0.3, 0.4) is 0 Å². The van der Waals surface area contributed by atoms with Gasteiger partial charge in [-0.2, -0.15) is 0 Å². The van der Waals surface area contributed by atoms with Gasteiger partial charge in [0, 0.05) is 47.6 Å². The topological polar surface area (TPSA) is 0 Å². The summed E-state index contributed by atoms with van der Waals surface area (Å²) < 4.78 is 0. The molecule has 5 fully saturated rings. The minimum atomic E-state index is 0.354. The zero-order valence-electron chi connectivity index (χ0n) is 29.1. The monoisotopic (exact) mass is 641 g/mol. The molecule has 0 aromatic carbocycles. The van der Waals surface area contributed by atoms with Crippen molar-refractivity contribution in [3.8, 4) is 0 Å². The number of hydrogen-bond acceptors (Lipinski definition) is 0. The van der Waals surface area contributed by atoms with Gasteiger partial charge < -0.3 is 0 Å². The summed E-state index contributed by atoms with van der Waals surface area (Å²) in [5, 5.41) is 0. The standard InChI is InChI=1S/C9H20Si.C8H18Si.C7H16Si.C6H14Si.C5H12Si/c1-10-8-9-6-4-2-3-5-7-9;1-9-7-8-5-3-2-4-6-8;1-8-6-7-4-2-3-5-7;1-7-5-6-3-2-4-6;1-6-4-5-2-3-5/h9H,2-8,10H2,1H3;8H,2-7,9H2,1H3;7H,2-6,8H2,1H3;6H,2-5,7H2,1H3;5H,2-4,6H2,1H3. The van der Waals surface area contributed by atoms with E-state index in [9.17, 15) is 0 Å². The Bertz CT molecular complexity index is 485. The molecule has 0 aromatic heterocycles. The minimum absolute atomic E-state index is 0.354. The Kier molecular flexibility index (Phi) is 28.2. The molecule has 0 nitrogen and oxygen atoms in total. The third-order valence-electron chi connectivity index (χ3n) is 10.6. The van der Waals surface area contributed by atoms with Gasteiger partial charge in [0.25, 0.3) is 0 Å². The van der Waals surface area contributed by atoms with Crippen molar-refractivity contribution in [1.29, 1.82) is 0 Å². The predicted molar refractivity (Wildman–Crippen MR) is 206 cm³/mol. The summed E-state index contributed by atoms with van der Waals surface area (Å²) in [5.41, 5.74) is 0. The van der Waals surface area contributed by atoms with Gasteiger partial charge in [-0.1, -0.05) is 191 Å². The second-order valence-electron chi connectivity index (χ2n) is 14.7. The van der Waals surface area contributed by atoms with Gasteiger partial charge >= 0.3 is 0 Å². The third-order valence-corrected chi connectivity index (χ3v) is 17.5. The van der Waals surface area contributed by atoms with Crippen LogP contribution in [0.15, 0.2) is 0 Å². The van der Waals surface area contributed by atoms with Gasteiger partial charge in [0.1, 0.15) is 0 Å². The Morgan fingerprint density at radius 3 is 0.650 bits per heavy atom. The zero-order chi connectivity index (χ0) is 29.1. The van der Waals surface area contributed by atoms with Crippen LogP contribution in [0.1, 0.15) is 128 Å². The molecule has 5 aliphatic carbocycles. The molecular formula is C35H80Si5. The molecule has 0 amide bonds. The predicted octanol–water partition coefficient (Wildman–Crippen LogP) is 9.06. The maximum atomic E-state index is 2.45. The smallest absolute Gasteiger partial charge is 0.0169 e. The first-order chi connectivity index (χ1) is 19.7. The molecule has 5 heteroatoms. The van der Waals surface area contributed by atoms with Crippen molar-refractivity contribution in [3.05, 3.63) is 0 Å². The SMILES string of the molecule is C[SiH2]CC1CC1.C[SiH2]CC1CCC1.C[SiH2]CC1CCCC1.C[SiH2]CC1CCCCC1.C[SiH2]CC1CCCCCC1. The molecular weight excluding hydrogens is 561 g/mol. The highest BCUT2D eigenvalue weighted by atomic mass is 28.2. The Morgan fingerprint density at radius 1 is 0.275 bits per heavy atom. The van der Waals surface area contributed by atoms with Gasteiger partial charge in [-0.15, -0.1) is 0 Å². The summed E-state index contributed by atoms with van der Waals surface area (Å²) in [4.78, 5) is 0. The van der Waals surface area contributed by atoms with Crippen molar-refractivity contribution >= 4 is 47.6 Å². The Hall–Kier alpha value is 1.08. The average Bonchev–Trinajstić information content (AvgIpc) is 3.69. The van der Waals surface area contributed by atoms with Crippen LogP contribution in [0.4, 0.5) is 0 Å². The van der Waals surface area contributed by atoms with Crippen LogP contribution in [0, 0.1) is 29.6 Å². The lowest BCUT2D eigenvalue weighted by Crippen LogP contribution is -2.11. The highest BCUT2D eigenvalue weighted by molar-refractivity contribution is 6.34. The molecule has 0 spiro atoms. The van der Waals surface area contributed by atoms with Crippen molar-refractivity contribution in [2.75, 3.05) is 0 Å². The van der Waals surface area contributed by atoms with Gasteiger partial charge in [-0.25, -0.2) is 0 Å². The molecule has 0 N–H and O–H groups in total. The summed E-state index contributed by atoms with van der Waals surface area (Å²) in [6, 6.07) is 8.12. The lowest BCUT2D eigenvalue weighted by molar-refractivity contribution is 0.346. The second-order valence-corrected chi connectivity index (χ2v) is 22.6. The fraction of sp³-hybridized carbons (Fsp3) is 1.00. The van der Waals surface area contributed by atoms with Crippen molar-refractivity contribution < 1.29 is 0 Å². The summed E-state index contributed by atoms with van der Waals surface area (Å²) in [7, 11) is 1.94. The van der Waals surface area contributed by atoms with Crippen LogP contribution in [0.25, 0.3) is 0 Å². The fourth-order valence-corrected chi connectivity index (χ4v) is 14.6. The van der Waals surface area contributed by atoms with E-state index < -0.39 is 0 Å². The summed E-state index contributed by atoms with van der Waals surface area (Å²) in [6.07, 6.45) is 30.8. The molecule has 5 aliphatic rings. The second kappa shape index (κ2) is 28.8. The van der Waals surface area contributed by atoms with E-state index in [0.717, 1.165) is 11.8 Å². The zero-order valence-corrected chi connectivity index (χ0v) is 36.2. The Morgan fingerprint density at radius 2 is 0.475 bits per heavy atom. The Labute approximate surface area is 267 Å². The van der Waals surface area contributed by atoms with E-state index in [1.807, 2.05) is 0 Å². The van der Waals surface area contributed by atoms with Crippen LogP contribution in [-0.4, -0.2) is 47.6 Å². The molecule has 0 heterocycles. The minimum Gasteiger partial charge on any atom is -0.0748 e. The normalized spacial score (nSPS) is 23.6. The lowest BCUT2D eigenvalue weighted by Gasteiger charge is -2.24. The van der Waals surface area contributed by atoms with Crippen molar-refractivity contribution in [2.24, 2.45) is 29.6 Å². The number of hydrogen-bond donors (Lipinski definition) is 0. The highest BCUT2D eigenvalue weighted by Gasteiger charge is 2.19. The molecule has 40 heavy (non-hydrogen) atoms. The van der Waals surface area contributed by atoms with E-state index in [1.165, 1.54) is 82.0 Å². The van der Waals surface area contributed by atoms with Crippen molar-refractivity contribution in [2.45, 2.75) is 191 Å². The summed E-state index contributed by atoms with van der Waals surface area (Å²) in [6.45, 7) is 12.1. The average molecular weight is 641 g/mol. The van der Waals surface area contributed by atoms with E-state index in [4.69, 9.17) is 0 Å². The molecule has 0 atom stereocenters. The lowest BCUT2D eigenvalue weighted by atomic mass is 9.87. The first kappa shape index (κ1) is 39.1. The van der Waals surface area contributed by atoms with E-state index >= 15 is 0 Å². The van der Waals surface area contributed by atoms with E-state index in [2.05, 4.69) is 32.7 Å². The van der Waals surface area contributed by atoms with Crippen LogP contribution in [-0.2, 0) is 0 Å². The molecule has 0 aliphatic heterocycles. The molecule has 5 saturated carbocycles. The van der Waals surface area contributed by atoms with Gasteiger partial charge in [0.15, 0.2) is 0 Å². The maximum Gasteiger partial charge on any atom is 0.0169 e. The quantitative estimate of drug-likeness (QED) is 0.165. The highest BCUT2D eigenvalue weighted by Crippen LogP contribution is 2.32.